The molecule has 22 heavy (non-hydrogen) atoms. The number of carbonyl (C=O) groups is 1. The highest BCUT2D eigenvalue weighted by Gasteiger charge is 2.10. The van der Waals surface area contributed by atoms with E-state index in [0.717, 1.165) is 0 Å². The molecule has 1 aromatic carbocycles. The molecule has 0 fully saturated rings. The maximum Gasteiger partial charge on any atom is 0.339 e. The first-order valence-electron chi connectivity index (χ1n) is 6.26. The molecule has 0 saturated heterocycles. The van der Waals surface area contributed by atoms with Gasteiger partial charge in [-0.2, -0.15) is 0 Å². The molecule has 6 nitrogen and oxygen atoms in total. The molecule has 116 valence electrons. The second-order valence-electron chi connectivity index (χ2n) is 4.12. The van der Waals surface area contributed by atoms with Gasteiger partial charge in [0.15, 0.2) is 0 Å². The fraction of sp³-hybridized carbons (Fsp3) is 0.143. The number of halogens is 1. The second kappa shape index (κ2) is 6.76. The van der Waals surface area contributed by atoms with Gasteiger partial charge in [0.2, 0.25) is 5.88 Å². The summed E-state index contributed by atoms with van der Waals surface area (Å²) in [5.41, 5.74) is 0.317. The first-order chi connectivity index (χ1) is 10.4. The molecule has 0 radical (unpaired) electrons. The summed E-state index contributed by atoms with van der Waals surface area (Å²) in [5, 5.41) is 0. The third-order valence-corrected chi connectivity index (χ3v) is 3.94. The SMILES string of the molecule is CCOC(=O)c1ccc(Oc2ccc(S(=O)(=O)Cl)cc2)nc1. The van der Waals surface area contributed by atoms with Crippen LogP contribution in [0.4, 0.5) is 0 Å². The molecule has 0 unspecified atom stereocenters. The fourth-order valence-corrected chi connectivity index (χ4v) is 2.34. The first-order valence-corrected chi connectivity index (χ1v) is 8.57. The molecule has 0 saturated carbocycles. The summed E-state index contributed by atoms with van der Waals surface area (Å²) >= 11 is 0. The van der Waals surface area contributed by atoms with E-state index in [0.29, 0.717) is 11.3 Å². The molecule has 0 aliphatic carbocycles. The van der Waals surface area contributed by atoms with E-state index in [4.69, 9.17) is 20.2 Å². The Kier molecular flexibility index (Phi) is 4.99. The molecular weight excluding hydrogens is 330 g/mol. The predicted molar refractivity (Wildman–Crippen MR) is 79.7 cm³/mol. The van der Waals surface area contributed by atoms with Gasteiger partial charge in [-0.05, 0) is 37.3 Å². The van der Waals surface area contributed by atoms with E-state index < -0.39 is 15.0 Å². The lowest BCUT2D eigenvalue weighted by atomic mass is 10.3. The van der Waals surface area contributed by atoms with Crippen molar-refractivity contribution in [1.29, 1.82) is 0 Å². The van der Waals surface area contributed by atoms with E-state index >= 15 is 0 Å². The van der Waals surface area contributed by atoms with E-state index in [9.17, 15) is 13.2 Å². The van der Waals surface area contributed by atoms with Crippen LogP contribution < -0.4 is 4.74 Å². The van der Waals surface area contributed by atoms with Crippen LogP contribution in [-0.4, -0.2) is 26.0 Å². The molecule has 0 spiro atoms. The van der Waals surface area contributed by atoms with Crippen LogP contribution in [0, 0.1) is 0 Å². The molecule has 8 heteroatoms. The number of esters is 1. The Balaban J connectivity index is 2.09. The molecular formula is C14H12ClNO5S. The Morgan fingerprint density at radius 1 is 1.18 bits per heavy atom. The highest BCUT2D eigenvalue weighted by molar-refractivity contribution is 8.13. The van der Waals surface area contributed by atoms with Gasteiger partial charge in [0.25, 0.3) is 9.05 Å². The van der Waals surface area contributed by atoms with Crippen molar-refractivity contribution in [2.75, 3.05) is 6.61 Å². The molecule has 0 atom stereocenters. The van der Waals surface area contributed by atoms with Crippen molar-refractivity contribution in [3.63, 3.8) is 0 Å². The van der Waals surface area contributed by atoms with Gasteiger partial charge < -0.3 is 9.47 Å². The van der Waals surface area contributed by atoms with Crippen LogP contribution in [0.15, 0.2) is 47.5 Å². The van der Waals surface area contributed by atoms with Crippen LogP contribution in [0.1, 0.15) is 17.3 Å². The van der Waals surface area contributed by atoms with Crippen LogP contribution in [0.5, 0.6) is 11.6 Å². The minimum absolute atomic E-state index is 0.0212. The summed E-state index contributed by atoms with van der Waals surface area (Å²) in [6, 6.07) is 8.60. The smallest absolute Gasteiger partial charge is 0.339 e. The van der Waals surface area contributed by atoms with Gasteiger partial charge in [0, 0.05) is 22.9 Å². The number of benzene rings is 1. The van der Waals surface area contributed by atoms with Gasteiger partial charge in [-0.1, -0.05) is 0 Å². The van der Waals surface area contributed by atoms with Crippen molar-refractivity contribution in [3.8, 4) is 11.6 Å². The number of nitrogens with zero attached hydrogens (tertiary/aromatic N) is 1. The third kappa shape index (κ3) is 4.19. The van der Waals surface area contributed by atoms with Crippen LogP contribution in [0.25, 0.3) is 0 Å². The Hall–Kier alpha value is -2.12. The fourth-order valence-electron chi connectivity index (χ4n) is 1.57. The predicted octanol–water partition coefficient (Wildman–Crippen LogP) is 2.98. The lowest BCUT2D eigenvalue weighted by Gasteiger charge is -2.06. The van der Waals surface area contributed by atoms with E-state index in [2.05, 4.69) is 4.98 Å². The molecule has 0 bridgehead atoms. The topological polar surface area (TPSA) is 82.6 Å². The number of carbonyl (C=O) groups excluding carboxylic acids is 1. The van der Waals surface area contributed by atoms with Gasteiger partial charge >= 0.3 is 5.97 Å². The molecule has 0 aliphatic heterocycles. The first kappa shape index (κ1) is 16.3. The van der Waals surface area contributed by atoms with Crippen molar-refractivity contribution >= 4 is 25.7 Å². The van der Waals surface area contributed by atoms with Crippen molar-refractivity contribution in [2.24, 2.45) is 0 Å². The summed E-state index contributed by atoms with van der Waals surface area (Å²) in [7, 11) is 1.46. The Labute approximate surface area is 132 Å². The Morgan fingerprint density at radius 2 is 1.86 bits per heavy atom. The highest BCUT2D eigenvalue weighted by atomic mass is 35.7. The van der Waals surface area contributed by atoms with Crippen molar-refractivity contribution < 1.29 is 22.7 Å². The van der Waals surface area contributed by atoms with Crippen LogP contribution >= 0.6 is 10.7 Å². The molecule has 1 aromatic heterocycles. The monoisotopic (exact) mass is 341 g/mol. The summed E-state index contributed by atoms with van der Waals surface area (Å²) < 4.78 is 32.5. The summed E-state index contributed by atoms with van der Waals surface area (Å²) in [6.07, 6.45) is 1.34. The molecule has 2 rings (SSSR count). The minimum atomic E-state index is -3.76. The normalized spacial score (nSPS) is 11.0. The number of aromatic nitrogens is 1. The van der Waals surface area contributed by atoms with E-state index in [1.807, 2.05) is 0 Å². The third-order valence-electron chi connectivity index (χ3n) is 2.58. The largest absolute Gasteiger partial charge is 0.462 e. The zero-order valence-corrected chi connectivity index (χ0v) is 13.1. The van der Waals surface area contributed by atoms with E-state index in [1.54, 1.807) is 6.92 Å². The summed E-state index contributed by atoms with van der Waals surface area (Å²) in [4.78, 5) is 15.4. The van der Waals surface area contributed by atoms with Crippen LogP contribution in [0.3, 0.4) is 0 Å². The van der Waals surface area contributed by atoms with Gasteiger partial charge in [-0.15, -0.1) is 0 Å². The molecule has 0 aliphatic rings. The van der Waals surface area contributed by atoms with E-state index in [-0.39, 0.29) is 17.4 Å². The molecule has 1 heterocycles. The van der Waals surface area contributed by atoms with E-state index in [1.165, 1.54) is 42.6 Å². The number of hydrogen-bond donors (Lipinski definition) is 0. The average Bonchev–Trinajstić information content (AvgIpc) is 2.48. The standard InChI is InChI=1S/C14H12ClNO5S/c1-2-20-14(17)10-3-8-13(16-9-10)21-11-4-6-12(7-5-11)22(15,18)19/h3-9H,2H2,1H3. The summed E-state index contributed by atoms with van der Waals surface area (Å²) in [5.74, 6) is 0.188. The zero-order valence-electron chi connectivity index (χ0n) is 11.5. The number of hydrogen-bond acceptors (Lipinski definition) is 6. The lowest BCUT2D eigenvalue weighted by Crippen LogP contribution is -2.04. The quantitative estimate of drug-likeness (QED) is 0.614. The maximum absolute atomic E-state index is 11.5. The second-order valence-corrected chi connectivity index (χ2v) is 6.68. The van der Waals surface area contributed by atoms with Crippen molar-refractivity contribution in [2.45, 2.75) is 11.8 Å². The van der Waals surface area contributed by atoms with Gasteiger partial charge in [-0.3, -0.25) is 0 Å². The Morgan fingerprint density at radius 3 is 2.36 bits per heavy atom. The lowest BCUT2D eigenvalue weighted by molar-refractivity contribution is 0.0526. The molecule has 0 amide bonds. The van der Waals surface area contributed by atoms with Crippen molar-refractivity contribution in [1.82, 2.24) is 4.98 Å². The van der Waals surface area contributed by atoms with Gasteiger partial charge in [0.1, 0.15) is 5.75 Å². The number of rotatable bonds is 5. The average molecular weight is 342 g/mol. The van der Waals surface area contributed by atoms with Gasteiger partial charge in [0.05, 0.1) is 17.1 Å². The molecule has 2 aromatic rings. The van der Waals surface area contributed by atoms with Crippen LogP contribution in [0.2, 0.25) is 0 Å². The number of ether oxygens (including phenoxy) is 2. The van der Waals surface area contributed by atoms with Crippen molar-refractivity contribution in [3.05, 3.63) is 48.2 Å². The van der Waals surface area contributed by atoms with Crippen LogP contribution in [-0.2, 0) is 13.8 Å². The van der Waals surface area contributed by atoms with Gasteiger partial charge in [-0.25, -0.2) is 18.2 Å². The molecule has 0 N–H and O–H groups in total. The zero-order chi connectivity index (χ0) is 16.2. The highest BCUT2D eigenvalue weighted by Crippen LogP contribution is 2.23. The number of pyridine rings is 1. The Bertz CT molecular complexity index is 757. The minimum Gasteiger partial charge on any atom is -0.462 e. The summed E-state index contributed by atoms with van der Waals surface area (Å²) in [6.45, 7) is 2.00. The maximum atomic E-state index is 11.5.